The summed E-state index contributed by atoms with van der Waals surface area (Å²) in [7, 11) is 1.74. The van der Waals surface area contributed by atoms with Gasteiger partial charge < -0.3 is 28.8 Å². The molecule has 10 rings (SSSR count). The van der Waals surface area contributed by atoms with E-state index in [1.807, 2.05) is 25.1 Å². The van der Waals surface area contributed by atoms with Crippen LogP contribution < -0.4 is 10.7 Å². The molecule has 1 aliphatic carbocycles. The van der Waals surface area contributed by atoms with E-state index in [-0.39, 0.29) is 54.3 Å². The van der Waals surface area contributed by atoms with Crippen molar-refractivity contribution in [3.8, 4) is 11.3 Å². The molecule has 16 heteroatoms. The molecule has 3 saturated heterocycles. The lowest BCUT2D eigenvalue weighted by Crippen LogP contribution is -2.63. The van der Waals surface area contributed by atoms with Gasteiger partial charge in [-0.05, 0) is 119 Å². The van der Waals surface area contributed by atoms with E-state index < -0.39 is 29.6 Å². The normalized spacial score (nSPS) is 29.7. The number of thioether (sulfide) groups is 1. The number of piperidine rings is 1. The summed E-state index contributed by atoms with van der Waals surface area (Å²) < 4.78 is 27.2. The predicted octanol–water partition coefficient (Wildman–Crippen LogP) is 7.29. The number of aromatic nitrogens is 3. The predicted molar refractivity (Wildman–Crippen MR) is 270 cm³/mol. The van der Waals surface area contributed by atoms with E-state index in [9.17, 15) is 14.4 Å². The van der Waals surface area contributed by atoms with Gasteiger partial charge in [-0.1, -0.05) is 32.9 Å². The van der Waals surface area contributed by atoms with Crippen LogP contribution in [0, 0.1) is 11.3 Å². The highest BCUT2D eigenvalue weighted by molar-refractivity contribution is 8.14. The van der Waals surface area contributed by atoms with Crippen LogP contribution in [-0.2, 0) is 46.3 Å². The van der Waals surface area contributed by atoms with Gasteiger partial charge in [-0.25, -0.2) is 5.43 Å². The van der Waals surface area contributed by atoms with Crippen molar-refractivity contribution in [2.75, 3.05) is 53.2 Å². The van der Waals surface area contributed by atoms with Gasteiger partial charge in [0.2, 0.25) is 5.91 Å². The summed E-state index contributed by atoms with van der Waals surface area (Å²) >= 11 is 1.59. The first-order valence-corrected chi connectivity index (χ1v) is 26.6. The summed E-state index contributed by atoms with van der Waals surface area (Å²) in [4.78, 5) is 61.1. The van der Waals surface area contributed by atoms with Gasteiger partial charge in [0.1, 0.15) is 23.2 Å². The van der Waals surface area contributed by atoms with Crippen molar-refractivity contribution in [1.29, 1.82) is 0 Å². The number of methoxy groups -OCH3 is 1. The van der Waals surface area contributed by atoms with Crippen molar-refractivity contribution >= 4 is 45.5 Å². The second-order valence-electron chi connectivity index (χ2n) is 21.0. The number of hydrogen-bond donors (Lipinski definition) is 2. The van der Waals surface area contributed by atoms with Crippen LogP contribution >= 0.6 is 11.8 Å². The minimum absolute atomic E-state index is 0.00642. The molecule has 5 aliphatic heterocycles. The number of carbonyl (C=O) groups excluding carboxylic acids is 3. The summed E-state index contributed by atoms with van der Waals surface area (Å²) in [5.74, 6) is -1.05. The molecule has 6 aliphatic rings. The average Bonchev–Trinajstić information content (AvgIpc) is 4.02. The summed E-state index contributed by atoms with van der Waals surface area (Å²) in [5, 5.41) is 6.40. The zero-order valence-electron chi connectivity index (χ0n) is 41.8. The number of hydrogen-bond acceptors (Lipinski definition) is 13. The molecular formula is C54H70N8O7S. The summed E-state index contributed by atoms with van der Waals surface area (Å²) in [6.07, 6.45) is 7.08. The number of cyclic esters (lactones) is 1. The number of hydrazine groups is 1. The monoisotopic (exact) mass is 975 g/mol. The molecule has 2 amide bonds. The number of ether oxygens (including phenoxy) is 4. The maximum Gasteiger partial charge on any atom is 0.324 e. The second kappa shape index (κ2) is 20.4. The number of esters is 1. The molecule has 0 radical (unpaired) electrons. The van der Waals surface area contributed by atoms with Crippen molar-refractivity contribution in [3.05, 3.63) is 82.9 Å². The van der Waals surface area contributed by atoms with E-state index >= 15 is 0 Å². The number of amides is 2. The molecule has 70 heavy (non-hydrogen) atoms. The third-order valence-corrected chi connectivity index (χ3v) is 16.8. The lowest BCUT2D eigenvalue weighted by Gasteiger charge is -2.42. The van der Waals surface area contributed by atoms with Crippen LogP contribution in [0.4, 0.5) is 0 Å². The van der Waals surface area contributed by atoms with Gasteiger partial charge in [-0.3, -0.25) is 39.3 Å². The molecule has 1 saturated carbocycles. The van der Waals surface area contributed by atoms with Gasteiger partial charge in [0.05, 0.1) is 43.4 Å². The molecule has 8 heterocycles. The Balaban J connectivity index is 1.08. The fraction of sp³-hybridized carbons (Fsp3) is 0.593. The van der Waals surface area contributed by atoms with Gasteiger partial charge in [0.25, 0.3) is 5.91 Å². The van der Waals surface area contributed by atoms with Gasteiger partial charge in [-0.2, -0.15) is 0 Å². The van der Waals surface area contributed by atoms with E-state index in [1.54, 1.807) is 25.1 Å². The summed E-state index contributed by atoms with van der Waals surface area (Å²) in [6.45, 7) is 17.7. The number of aliphatic imine (C=N–C) groups is 1. The number of benzene rings is 1. The van der Waals surface area contributed by atoms with E-state index in [2.05, 4.69) is 90.3 Å². The number of nitrogens with zero attached hydrogens (tertiary/aromatic N) is 6. The highest BCUT2D eigenvalue weighted by atomic mass is 32.2. The first kappa shape index (κ1) is 48.9. The Bertz CT molecular complexity index is 2620. The summed E-state index contributed by atoms with van der Waals surface area (Å²) in [5.41, 5.74) is 11.2. The molecular weight excluding hydrogens is 905 g/mol. The van der Waals surface area contributed by atoms with E-state index in [0.29, 0.717) is 55.8 Å². The Morgan fingerprint density at radius 3 is 2.70 bits per heavy atom. The first-order valence-electron chi connectivity index (χ1n) is 25.7. The van der Waals surface area contributed by atoms with Crippen molar-refractivity contribution < 1.29 is 33.3 Å². The Morgan fingerprint density at radius 1 is 1.06 bits per heavy atom. The minimum Gasteiger partial charge on any atom is -0.464 e. The molecule has 15 nitrogen and oxygen atoms in total. The SMILES string of the molecule is CCO[C@@H]1C2=NC(c3ccc4c(c3)c(c(-c3cc([C@@H]5CCN6CCOCC6C5)cnc3[C@H](C)OC)n4CC)CC(C)(C)COC(=O)[C@@H]3CCCN(N3)C(=O)[C@H]1NC(=O)[C@H]1C[C@@H]1c1ccccn1)C(C)S2. The van der Waals surface area contributed by atoms with Crippen LogP contribution in [0.5, 0.6) is 0 Å². The van der Waals surface area contributed by atoms with Gasteiger partial charge >= 0.3 is 5.97 Å². The Morgan fingerprint density at radius 2 is 1.91 bits per heavy atom. The number of nitrogens with one attached hydrogen (secondary N) is 2. The van der Waals surface area contributed by atoms with E-state index in [0.717, 1.165) is 83.8 Å². The van der Waals surface area contributed by atoms with Gasteiger partial charge in [0, 0.05) is 96.4 Å². The standard InChI is InChI=1S/C54H70N8O7S/c1-8-61-44-16-15-34-24-38(44)41(48(61)40-25-35(28-56-45(40)31(3)66-7)33-17-20-60-21-22-67-29-36(60)23-33)27-54(5,6)30-69-53(65)43-14-12-19-62(59-43)52(64)47(49(68-9-2)51-58-46(34)32(4)70-51)57-50(63)39-26-37(39)42-13-10-11-18-55-42/h10-11,13,15-16,18,24-25,28,31-33,36-37,39,43,46-47,49,59H,8-9,12,14,17,19-23,26-27,29-30H2,1-7H3,(H,57,63)/t31-,32?,33+,36?,37-,39-,43-,46?,47-,49-/m0/s1. The quantitative estimate of drug-likeness (QED) is 0.153. The van der Waals surface area contributed by atoms with E-state index in [1.165, 1.54) is 10.6 Å². The highest BCUT2D eigenvalue weighted by Crippen LogP contribution is 2.48. The number of morpholine rings is 1. The molecule has 10 atom stereocenters. The molecule has 3 aromatic heterocycles. The molecule has 3 unspecified atom stereocenters. The highest BCUT2D eigenvalue weighted by Gasteiger charge is 2.49. The van der Waals surface area contributed by atoms with Crippen LogP contribution in [0.3, 0.4) is 0 Å². The fourth-order valence-corrected chi connectivity index (χ4v) is 12.9. The number of pyridine rings is 2. The molecule has 0 spiro atoms. The third-order valence-electron chi connectivity index (χ3n) is 15.6. The fourth-order valence-electron chi connectivity index (χ4n) is 11.7. The smallest absolute Gasteiger partial charge is 0.324 e. The zero-order chi connectivity index (χ0) is 48.8. The van der Waals surface area contributed by atoms with Crippen molar-refractivity contribution in [2.45, 2.75) is 140 Å². The van der Waals surface area contributed by atoms with Crippen LogP contribution in [0.2, 0.25) is 0 Å². The topological polar surface area (TPSA) is 162 Å². The maximum absolute atomic E-state index is 14.9. The molecule has 4 fully saturated rings. The zero-order valence-corrected chi connectivity index (χ0v) is 42.6. The third kappa shape index (κ3) is 9.68. The van der Waals surface area contributed by atoms with Crippen molar-refractivity contribution in [2.24, 2.45) is 16.3 Å². The number of rotatable bonds is 10. The molecule has 1 aromatic carbocycles. The molecule has 6 bridgehead atoms. The lowest BCUT2D eigenvalue weighted by molar-refractivity contribution is -0.156. The van der Waals surface area contributed by atoms with Gasteiger partial charge in [0.15, 0.2) is 0 Å². The average molecular weight is 975 g/mol. The van der Waals surface area contributed by atoms with Crippen LogP contribution in [-0.4, -0.2) is 130 Å². The maximum atomic E-state index is 14.9. The lowest BCUT2D eigenvalue weighted by atomic mass is 9.82. The van der Waals surface area contributed by atoms with Gasteiger partial charge in [-0.15, -0.1) is 11.8 Å². The molecule has 4 aromatic rings. The van der Waals surface area contributed by atoms with E-state index in [4.69, 9.17) is 28.9 Å². The van der Waals surface area contributed by atoms with Crippen molar-refractivity contribution in [1.82, 2.24) is 35.2 Å². The summed E-state index contributed by atoms with van der Waals surface area (Å²) in [6, 6.07) is 13.1. The minimum atomic E-state index is -1.11. The first-order chi connectivity index (χ1) is 33.9. The Kier molecular flexibility index (Phi) is 14.3. The number of carbonyl (C=O) groups is 3. The second-order valence-corrected chi connectivity index (χ2v) is 22.4. The van der Waals surface area contributed by atoms with Crippen LogP contribution in [0.1, 0.15) is 126 Å². The van der Waals surface area contributed by atoms with Crippen LogP contribution in [0.15, 0.2) is 59.9 Å². The largest absolute Gasteiger partial charge is 0.464 e. The molecule has 374 valence electrons. The Hall–Kier alpha value is -4.71. The number of aryl methyl sites for hydroxylation is 1. The molecule has 2 N–H and O–H groups in total. The Labute approximate surface area is 416 Å². The number of fused-ring (bicyclic) bond motifs is 6. The van der Waals surface area contributed by atoms with Crippen LogP contribution in [0.25, 0.3) is 22.2 Å². The van der Waals surface area contributed by atoms with Crippen molar-refractivity contribution in [3.63, 3.8) is 0 Å².